The molecule has 0 bridgehead atoms. The lowest BCUT2D eigenvalue weighted by Crippen LogP contribution is -2.46. The van der Waals surface area contributed by atoms with Gasteiger partial charge in [0.05, 0.1) is 24.7 Å². The summed E-state index contributed by atoms with van der Waals surface area (Å²) in [6, 6.07) is 41.5. The molecule has 1 fully saturated rings. The third kappa shape index (κ3) is 6.17. The minimum Gasteiger partial charge on any atom is -0.508 e. The van der Waals surface area contributed by atoms with Gasteiger partial charge in [0.2, 0.25) is 0 Å². The minimum atomic E-state index is 0.319. The van der Waals surface area contributed by atoms with Gasteiger partial charge in [-0.3, -0.25) is 4.99 Å². The molecule has 0 saturated carbocycles. The summed E-state index contributed by atoms with van der Waals surface area (Å²) in [6.07, 6.45) is 6.33. The number of fused-ring (bicyclic) bond motifs is 2. The summed E-state index contributed by atoms with van der Waals surface area (Å²) in [6.45, 7) is 3.73. The van der Waals surface area contributed by atoms with Gasteiger partial charge in [0.1, 0.15) is 17.4 Å². The van der Waals surface area contributed by atoms with E-state index in [0.717, 1.165) is 57.7 Å². The molecule has 3 heterocycles. The molecule has 4 aromatic carbocycles. The average molecular weight is 569 g/mol. The van der Waals surface area contributed by atoms with E-state index in [1.54, 1.807) is 0 Å². The monoisotopic (exact) mass is 568 g/mol. The number of hydrogen-bond donors (Lipinski definition) is 1. The number of aromatic hydroxyl groups is 1. The van der Waals surface area contributed by atoms with Crippen molar-refractivity contribution in [2.75, 3.05) is 26.2 Å². The molecule has 3 aliphatic rings. The van der Waals surface area contributed by atoms with Crippen molar-refractivity contribution < 1.29 is 5.11 Å². The van der Waals surface area contributed by atoms with Crippen LogP contribution in [0.2, 0.25) is 0 Å². The van der Waals surface area contributed by atoms with Crippen molar-refractivity contribution in [2.45, 2.75) is 43.8 Å². The Morgan fingerprint density at radius 3 is 1.77 bits per heavy atom. The highest BCUT2D eigenvalue weighted by atomic mass is 16.3. The first-order chi connectivity index (χ1) is 21.2. The Balaban J connectivity index is 1.22. The predicted octanol–water partition coefficient (Wildman–Crippen LogP) is 5.96. The fraction of sp³-hybridized carbons (Fsp3) is 0.289. The normalized spacial score (nSPS) is 21.2. The summed E-state index contributed by atoms with van der Waals surface area (Å²) < 4.78 is 0. The second-order valence-electron chi connectivity index (χ2n) is 12.1. The lowest BCUT2D eigenvalue weighted by molar-refractivity contribution is 0.210. The molecular weight excluding hydrogens is 528 g/mol. The highest BCUT2D eigenvalue weighted by Crippen LogP contribution is 2.34. The zero-order valence-corrected chi connectivity index (χ0v) is 24.7. The molecule has 7 rings (SSSR count). The first kappa shape index (κ1) is 27.3. The van der Waals surface area contributed by atoms with Crippen molar-refractivity contribution in [3.63, 3.8) is 0 Å². The van der Waals surface area contributed by atoms with Crippen LogP contribution in [0.3, 0.4) is 0 Å². The largest absolute Gasteiger partial charge is 0.508 e. The van der Waals surface area contributed by atoms with Gasteiger partial charge in [0.15, 0.2) is 0 Å². The van der Waals surface area contributed by atoms with E-state index >= 15 is 0 Å². The second kappa shape index (κ2) is 12.4. The summed E-state index contributed by atoms with van der Waals surface area (Å²) in [4.78, 5) is 13.1. The summed E-state index contributed by atoms with van der Waals surface area (Å²) in [5, 5.41) is 9.91. The molecule has 4 aromatic rings. The first-order valence-electron chi connectivity index (χ1n) is 15.7. The van der Waals surface area contributed by atoms with Crippen LogP contribution in [0.15, 0.2) is 132 Å². The Bertz CT molecular complexity index is 1550. The number of nitrogens with zero attached hydrogens (tertiary/aromatic N) is 4. The maximum Gasteiger partial charge on any atom is 0.127 e. The molecule has 0 radical (unpaired) electrons. The highest BCUT2D eigenvalue weighted by molar-refractivity contribution is 5.95. The number of amidine groups is 1. The molecule has 0 amide bonds. The van der Waals surface area contributed by atoms with E-state index in [2.05, 4.69) is 124 Å². The lowest BCUT2D eigenvalue weighted by atomic mass is 10.0. The van der Waals surface area contributed by atoms with Crippen LogP contribution in [-0.4, -0.2) is 69.9 Å². The van der Waals surface area contributed by atoms with Crippen LogP contribution in [-0.2, 0) is 25.7 Å². The molecule has 5 nitrogen and oxygen atoms in total. The summed E-state index contributed by atoms with van der Waals surface area (Å²) in [7, 11) is 0. The van der Waals surface area contributed by atoms with Gasteiger partial charge in [-0.1, -0.05) is 103 Å². The van der Waals surface area contributed by atoms with Gasteiger partial charge in [-0.05, 0) is 60.1 Å². The lowest BCUT2D eigenvalue weighted by Gasteiger charge is -2.34. The first-order valence-corrected chi connectivity index (χ1v) is 15.7. The zero-order chi connectivity index (χ0) is 29.0. The molecule has 0 aliphatic carbocycles. The maximum absolute atomic E-state index is 9.91. The topological polar surface area (TPSA) is 42.3 Å². The molecule has 3 aliphatic heterocycles. The Morgan fingerprint density at radius 2 is 1.12 bits per heavy atom. The van der Waals surface area contributed by atoms with Gasteiger partial charge in [-0.25, -0.2) is 0 Å². The highest BCUT2D eigenvalue weighted by Gasteiger charge is 2.42. The van der Waals surface area contributed by atoms with Gasteiger partial charge >= 0.3 is 0 Å². The summed E-state index contributed by atoms with van der Waals surface area (Å²) >= 11 is 0. The Labute approximate surface area is 255 Å². The van der Waals surface area contributed by atoms with Gasteiger partial charge in [0, 0.05) is 25.7 Å². The third-order valence-electron chi connectivity index (χ3n) is 9.26. The second-order valence-corrected chi connectivity index (χ2v) is 12.1. The molecule has 218 valence electrons. The molecule has 43 heavy (non-hydrogen) atoms. The molecule has 3 atom stereocenters. The number of benzene rings is 4. The van der Waals surface area contributed by atoms with Crippen molar-refractivity contribution >= 4 is 5.84 Å². The van der Waals surface area contributed by atoms with E-state index in [1.807, 2.05) is 12.1 Å². The molecule has 0 spiro atoms. The van der Waals surface area contributed by atoms with E-state index in [-0.39, 0.29) is 0 Å². The van der Waals surface area contributed by atoms with Crippen LogP contribution in [0.4, 0.5) is 0 Å². The van der Waals surface area contributed by atoms with Gasteiger partial charge in [0.25, 0.3) is 0 Å². The van der Waals surface area contributed by atoms with Crippen LogP contribution in [0, 0.1) is 0 Å². The summed E-state index contributed by atoms with van der Waals surface area (Å²) in [5.41, 5.74) is 5.37. The standard InChI is InChI=1S/C38H40N4O/c43-36-18-16-32(17-19-36)24-34-28-42-35(23-31-14-8-3-9-15-31)27-41-33(22-30-12-6-2-7-13-30)26-39-37(41)25-38(42)40(34)21-20-29-10-4-1-5-11-29/h1-19,25,33-35,43H,20-24,26-28H2/t33-,34-,35-/m1/s1. The molecular formula is C38H40N4O. The molecule has 0 unspecified atom stereocenters. The Hall–Kier alpha value is -4.51. The molecule has 5 heteroatoms. The number of phenolic OH excluding ortho intramolecular Hbond substituents is 1. The van der Waals surface area contributed by atoms with Crippen LogP contribution in [0.25, 0.3) is 0 Å². The van der Waals surface area contributed by atoms with Crippen molar-refractivity contribution in [1.29, 1.82) is 0 Å². The fourth-order valence-electron chi connectivity index (χ4n) is 7.05. The predicted molar refractivity (Wildman–Crippen MR) is 174 cm³/mol. The van der Waals surface area contributed by atoms with E-state index in [1.165, 1.54) is 28.1 Å². The molecule has 1 N–H and O–H groups in total. The van der Waals surface area contributed by atoms with Gasteiger partial charge in [-0.2, -0.15) is 0 Å². The van der Waals surface area contributed by atoms with Crippen molar-refractivity contribution in [3.05, 3.63) is 149 Å². The number of rotatable bonds is 9. The van der Waals surface area contributed by atoms with Crippen molar-refractivity contribution in [1.82, 2.24) is 14.7 Å². The molecule has 0 aromatic heterocycles. The fourth-order valence-corrected chi connectivity index (χ4v) is 7.05. The van der Waals surface area contributed by atoms with E-state index in [0.29, 0.717) is 23.9 Å². The maximum atomic E-state index is 9.91. The van der Waals surface area contributed by atoms with Crippen LogP contribution < -0.4 is 0 Å². The number of phenols is 1. The average Bonchev–Trinajstić information content (AvgIpc) is 3.53. The van der Waals surface area contributed by atoms with Crippen molar-refractivity contribution in [2.24, 2.45) is 4.99 Å². The third-order valence-corrected chi connectivity index (χ3v) is 9.26. The van der Waals surface area contributed by atoms with Gasteiger partial charge in [-0.15, -0.1) is 0 Å². The van der Waals surface area contributed by atoms with Gasteiger partial charge < -0.3 is 19.8 Å². The zero-order valence-electron chi connectivity index (χ0n) is 24.7. The number of aliphatic imine (C=N–C) groups is 1. The smallest absolute Gasteiger partial charge is 0.127 e. The Kier molecular flexibility index (Phi) is 7.87. The van der Waals surface area contributed by atoms with Crippen LogP contribution in [0.5, 0.6) is 5.75 Å². The Morgan fingerprint density at radius 1 is 0.581 bits per heavy atom. The number of hydrogen-bond acceptors (Lipinski definition) is 5. The SMILES string of the molecule is Oc1ccc(C[C@@H]2CN3C(=CC4=NC[C@@H](Cc5ccccc5)N4C[C@H]3Cc3ccccc3)N2CCc2ccccc2)cc1. The minimum absolute atomic E-state index is 0.319. The van der Waals surface area contributed by atoms with Crippen LogP contribution >= 0.6 is 0 Å². The van der Waals surface area contributed by atoms with Crippen molar-refractivity contribution in [3.8, 4) is 5.75 Å². The molecule has 1 saturated heterocycles. The van der Waals surface area contributed by atoms with E-state index in [4.69, 9.17) is 4.99 Å². The summed E-state index contributed by atoms with van der Waals surface area (Å²) in [5.74, 6) is 2.76. The van der Waals surface area contributed by atoms with E-state index in [9.17, 15) is 5.11 Å². The van der Waals surface area contributed by atoms with Crippen LogP contribution in [0.1, 0.15) is 22.3 Å². The van der Waals surface area contributed by atoms with E-state index < -0.39 is 0 Å². The quantitative estimate of drug-likeness (QED) is 0.271.